The molecule has 0 aliphatic carbocycles. The van der Waals surface area contributed by atoms with Gasteiger partial charge in [-0.05, 0) is 24.6 Å². The summed E-state index contributed by atoms with van der Waals surface area (Å²) in [5, 5.41) is 0. The zero-order valence-electron chi connectivity index (χ0n) is 12.0. The van der Waals surface area contributed by atoms with Gasteiger partial charge in [0.15, 0.2) is 0 Å². The highest BCUT2D eigenvalue weighted by atomic mass is 16.5. The smallest absolute Gasteiger partial charge is 0.125 e. The van der Waals surface area contributed by atoms with Gasteiger partial charge >= 0.3 is 0 Å². The minimum Gasteiger partial charge on any atom is -0.496 e. The van der Waals surface area contributed by atoms with Crippen LogP contribution in [0.25, 0.3) is 0 Å². The lowest BCUT2D eigenvalue weighted by Crippen LogP contribution is -1.99. The molecule has 0 heterocycles. The van der Waals surface area contributed by atoms with E-state index >= 15 is 0 Å². The lowest BCUT2D eigenvalue weighted by molar-refractivity contribution is 0.289. The summed E-state index contributed by atoms with van der Waals surface area (Å²) in [5.41, 5.74) is 1.02. The molecule has 0 bridgehead atoms. The predicted octanol–water partition coefficient (Wildman–Crippen LogP) is 4.06. The number of hydrogen-bond donors (Lipinski definition) is 0. The van der Waals surface area contributed by atoms with Gasteiger partial charge in [0, 0.05) is 11.6 Å². The van der Waals surface area contributed by atoms with Gasteiger partial charge in [0.25, 0.3) is 0 Å². The number of para-hydroxylation sites is 1. The zero-order valence-corrected chi connectivity index (χ0v) is 12.0. The molecule has 0 radical (unpaired) electrons. The number of methoxy groups -OCH3 is 1. The van der Waals surface area contributed by atoms with Gasteiger partial charge in [-0.25, -0.2) is 0 Å². The highest BCUT2D eigenvalue weighted by molar-refractivity contribution is 5.35. The second kappa shape index (κ2) is 7.43. The maximum absolute atomic E-state index is 5.80. The molecular weight excluding hydrogens is 252 g/mol. The molecule has 0 saturated carbocycles. The van der Waals surface area contributed by atoms with Crippen molar-refractivity contribution in [2.45, 2.75) is 20.0 Å². The van der Waals surface area contributed by atoms with Crippen LogP contribution in [0.4, 0.5) is 0 Å². The van der Waals surface area contributed by atoms with Crippen molar-refractivity contribution in [1.82, 2.24) is 0 Å². The number of benzene rings is 2. The van der Waals surface area contributed by atoms with Crippen LogP contribution in [0.1, 0.15) is 18.9 Å². The fourth-order valence-corrected chi connectivity index (χ4v) is 1.86. The SMILES string of the molecule is CCCOc1cccc(OCc2ccccc2OC)c1. The Morgan fingerprint density at radius 3 is 2.40 bits per heavy atom. The fourth-order valence-electron chi connectivity index (χ4n) is 1.86. The maximum Gasteiger partial charge on any atom is 0.125 e. The lowest BCUT2D eigenvalue weighted by Gasteiger charge is -2.11. The van der Waals surface area contributed by atoms with Crippen LogP contribution in [0.2, 0.25) is 0 Å². The molecule has 2 aromatic carbocycles. The van der Waals surface area contributed by atoms with Gasteiger partial charge < -0.3 is 14.2 Å². The van der Waals surface area contributed by atoms with E-state index in [4.69, 9.17) is 14.2 Å². The minimum atomic E-state index is 0.473. The van der Waals surface area contributed by atoms with Crippen LogP contribution in [0.3, 0.4) is 0 Å². The van der Waals surface area contributed by atoms with Crippen LogP contribution in [-0.4, -0.2) is 13.7 Å². The maximum atomic E-state index is 5.80. The van der Waals surface area contributed by atoms with E-state index in [0.29, 0.717) is 6.61 Å². The summed E-state index contributed by atoms with van der Waals surface area (Å²) in [4.78, 5) is 0. The van der Waals surface area contributed by atoms with Crippen molar-refractivity contribution in [3.05, 3.63) is 54.1 Å². The van der Waals surface area contributed by atoms with Gasteiger partial charge in [-0.15, -0.1) is 0 Å². The molecule has 0 spiro atoms. The Balaban J connectivity index is 1.99. The van der Waals surface area contributed by atoms with E-state index in [9.17, 15) is 0 Å². The first kappa shape index (κ1) is 14.3. The highest BCUT2D eigenvalue weighted by Gasteiger charge is 2.03. The van der Waals surface area contributed by atoms with Crippen molar-refractivity contribution in [2.24, 2.45) is 0 Å². The van der Waals surface area contributed by atoms with Crippen molar-refractivity contribution >= 4 is 0 Å². The van der Waals surface area contributed by atoms with E-state index in [1.807, 2.05) is 48.5 Å². The van der Waals surface area contributed by atoms with Gasteiger partial charge in [-0.3, -0.25) is 0 Å². The zero-order chi connectivity index (χ0) is 14.2. The molecule has 0 unspecified atom stereocenters. The van der Waals surface area contributed by atoms with Crippen molar-refractivity contribution in [2.75, 3.05) is 13.7 Å². The summed E-state index contributed by atoms with van der Waals surface area (Å²) in [7, 11) is 1.66. The van der Waals surface area contributed by atoms with Crippen LogP contribution < -0.4 is 14.2 Å². The average Bonchev–Trinajstić information content (AvgIpc) is 2.51. The second-order valence-electron chi connectivity index (χ2n) is 4.42. The summed E-state index contributed by atoms with van der Waals surface area (Å²) in [6, 6.07) is 15.5. The Bertz CT molecular complexity index is 537. The Labute approximate surface area is 120 Å². The molecule has 2 aromatic rings. The quantitative estimate of drug-likeness (QED) is 0.760. The molecule has 0 aliphatic rings. The number of hydrogen-bond acceptors (Lipinski definition) is 3. The number of ether oxygens (including phenoxy) is 3. The van der Waals surface area contributed by atoms with E-state index < -0.39 is 0 Å². The van der Waals surface area contributed by atoms with E-state index in [1.165, 1.54) is 0 Å². The lowest BCUT2D eigenvalue weighted by atomic mass is 10.2. The predicted molar refractivity (Wildman–Crippen MR) is 79.6 cm³/mol. The van der Waals surface area contributed by atoms with Crippen molar-refractivity contribution in [3.8, 4) is 17.2 Å². The largest absolute Gasteiger partial charge is 0.496 e. The minimum absolute atomic E-state index is 0.473. The van der Waals surface area contributed by atoms with E-state index in [0.717, 1.165) is 35.8 Å². The van der Waals surface area contributed by atoms with Gasteiger partial charge in [0.05, 0.1) is 13.7 Å². The van der Waals surface area contributed by atoms with Gasteiger partial charge in [-0.1, -0.05) is 31.2 Å². The highest BCUT2D eigenvalue weighted by Crippen LogP contribution is 2.23. The molecule has 0 aliphatic heterocycles. The summed E-state index contributed by atoms with van der Waals surface area (Å²) in [6.45, 7) is 3.28. The molecule has 3 heteroatoms. The first-order valence-corrected chi connectivity index (χ1v) is 6.81. The Kier molecular flexibility index (Phi) is 5.30. The molecule has 0 N–H and O–H groups in total. The molecule has 0 atom stereocenters. The molecule has 106 valence electrons. The van der Waals surface area contributed by atoms with Crippen molar-refractivity contribution in [3.63, 3.8) is 0 Å². The van der Waals surface area contributed by atoms with Crippen molar-refractivity contribution < 1.29 is 14.2 Å². The molecule has 0 amide bonds. The topological polar surface area (TPSA) is 27.7 Å². The van der Waals surface area contributed by atoms with Crippen molar-refractivity contribution in [1.29, 1.82) is 0 Å². The second-order valence-corrected chi connectivity index (χ2v) is 4.42. The van der Waals surface area contributed by atoms with Crippen LogP contribution >= 0.6 is 0 Å². The van der Waals surface area contributed by atoms with Gasteiger partial charge in [-0.2, -0.15) is 0 Å². The van der Waals surface area contributed by atoms with Crippen LogP contribution in [0.15, 0.2) is 48.5 Å². The third kappa shape index (κ3) is 3.92. The summed E-state index contributed by atoms with van der Waals surface area (Å²) >= 11 is 0. The van der Waals surface area contributed by atoms with Gasteiger partial charge in [0.2, 0.25) is 0 Å². The first-order chi connectivity index (χ1) is 9.83. The van der Waals surface area contributed by atoms with Crippen LogP contribution in [0.5, 0.6) is 17.2 Å². The molecule has 0 aromatic heterocycles. The molecule has 0 fully saturated rings. The van der Waals surface area contributed by atoms with Crippen LogP contribution in [-0.2, 0) is 6.61 Å². The Hall–Kier alpha value is -2.16. The Morgan fingerprint density at radius 2 is 1.65 bits per heavy atom. The molecule has 0 saturated heterocycles. The monoisotopic (exact) mass is 272 g/mol. The van der Waals surface area contributed by atoms with Gasteiger partial charge in [0.1, 0.15) is 23.9 Å². The standard InChI is InChI=1S/C17H20O3/c1-3-11-19-15-8-6-9-16(12-15)20-13-14-7-4-5-10-17(14)18-2/h4-10,12H,3,11,13H2,1-2H3. The average molecular weight is 272 g/mol. The summed E-state index contributed by atoms with van der Waals surface area (Å²) in [5.74, 6) is 2.47. The molecule has 20 heavy (non-hydrogen) atoms. The number of rotatable bonds is 7. The van der Waals surface area contributed by atoms with E-state index in [2.05, 4.69) is 6.92 Å². The van der Waals surface area contributed by atoms with E-state index in [1.54, 1.807) is 7.11 Å². The molecule has 2 rings (SSSR count). The molecular formula is C17H20O3. The summed E-state index contributed by atoms with van der Waals surface area (Å²) < 4.78 is 16.7. The van der Waals surface area contributed by atoms with Crippen LogP contribution in [0, 0.1) is 0 Å². The third-order valence-electron chi connectivity index (χ3n) is 2.87. The first-order valence-electron chi connectivity index (χ1n) is 6.81. The van der Waals surface area contributed by atoms with E-state index in [-0.39, 0.29) is 0 Å². The normalized spacial score (nSPS) is 10.1. The summed E-state index contributed by atoms with van der Waals surface area (Å²) in [6.07, 6.45) is 0.992. The Morgan fingerprint density at radius 1 is 0.900 bits per heavy atom. The molecule has 3 nitrogen and oxygen atoms in total. The third-order valence-corrected chi connectivity index (χ3v) is 2.87. The fraction of sp³-hybridized carbons (Fsp3) is 0.294.